The summed E-state index contributed by atoms with van der Waals surface area (Å²) in [6, 6.07) is 7.57. The average molecular weight is 424 g/mol. The van der Waals surface area contributed by atoms with Crippen LogP contribution in [-0.2, 0) is 7.05 Å². The van der Waals surface area contributed by atoms with Crippen LogP contribution in [0.1, 0.15) is 24.3 Å². The molecule has 2 aliphatic rings. The van der Waals surface area contributed by atoms with E-state index in [9.17, 15) is 4.79 Å². The van der Waals surface area contributed by atoms with Crippen molar-refractivity contribution in [3.05, 3.63) is 65.7 Å². The standard InChI is InChI=1S/C16H15ClN4.C5H7N3O/c1-20-10-15(21-8-2-7-18-21)16(19-20)14-9-12(17)5-6-13(14)11-3-4-11;6-5(9)8-3-1-2-7-4-8/h2,5-11H,3-4H2,1H3;1-2,4H,3H2,(H2,6,9). The highest BCUT2D eigenvalue weighted by Crippen LogP contribution is 2.45. The van der Waals surface area contributed by atoms with Gasteiger partial charge < -0.3 is 5.73 Å². The van der Waals surface area contributed by atoms with Gasteiger partial charge in [0.2, 0.25) is 0 Å². The molecule has 1 aliphatic carbocycles. The van der Waals surface area contributed by atoms with Crippen molar-refractivity contribution in [2.45, 2.75) is 18.8 Å². The molecule has 154 valence electrons. The summed E-state index contributed by atoms with van der Waals surface area (Å²) in [5.41, 5.74) is 9.30. The second-order valence-corrected chi connectivity index (χ2v) is 7.57. The van der Waals surface area contributed by atoms with Gasteiger partial charge in [-0.3, -0.25) is 9.58 Å². The van der Waals surface area contributed by atoms with Crippen LogP contribution in [0.25, 0.3) is 16.9 Å². The Kier molecular flexibility index (Phi) is 5.67. The first-order valence-electron chi connectivity index (χ1n) is 9.61. The number of primary amides is 1. The SMILES string of the molecule is Cn1cc(-n2cccn2)c(-c2cc(Cl)ccc2C2CC2)n1.NC(=O)N1C=NC=CC1. The van der Waals surface area contributed by atoms with Gasteiger partial charge in [-0.2, -0.15) is 10.2 Å². The van der Waals surface area contributed by atoms with E-state index in [1.807, 2.05) is 47.0 Å². The molecule has 1 aliphatic heterocycles. The van der Waals surface area contributed by atoms with Crippen LogP contribution in [0.15, 0.2) is 60.1 Å². The van der Waals surface area contributed by atoms with Gasteiger partial charge in [0, 0.05) is 42.8 Å². The number of benzene rings is 1. The Balaban J connectivity index is 0.000000204. The van der Waals surface area contributed by atoms with Crippen molar-refractivity contribution in [1.82, 2.24) is 24.5 Å². The molecule has 2 N–H and O–H groups in total. The van der Waals surface area contributed by atoms with Crippen molar-refractivity contribution in [3.63, 3.8) is 0 Å². The zero-order chi connectivity index (χ0) is 21.1. The topological polar surface area (TPSA) is 94.3 Å². The molecule has 0 bridgehead atoms. The number of aryl methyl sites for hydroxylation is 1. The van der Waals surface area contributed by atoms with Crippen molar-refractivity contribution in [1.29, 1.82) is 0 Å². The number of urea groups is 1. The maximum absolute atomic E-state index is 10.4. The molecule has 3 aromatic rings. The lowest BCUT2D eigenvalue weighted by molar-refractivity contribution is 0.233. The smallest absolute Gasteiger partial charge is 0.320 e. The number of amides is 2. The number of nitrogens with two attached hydrogens (primary N) is 1. The van der Waals surface area contributed by atoms with E-state index in [0.717, 1.165) is 22.0 Å². The Morgan fingerprint density at radius 2 is 2.13 bits per heavy atom. The Labute approximate surface area is 179 Å². The number of halogens is 1. The molecule has 5 rings (SSSR count). The van der Waals surface area contributed by atoms with Gasteiger partial charge in [0.05, 0.1) is 12.5 Å². The van der Waals surface area contributed by atoms with Crippen molar-refractivity contribution >= 4 is 24.0 Å². The zero-order valence-electron chi connectivity index (χ0n) is 16.5. The lowest BCUT2D eigenvalue weighted by Gasteiger charge is -2.12. The van der Waals surface area contributed by atoms with E-state index >= 15 is 0 Å². The first kappa shape index (κ1) is 19.9. The number of hydrogen-bond donors (Lipinski definition) is 1. The molecule has 30 heavy (non-hydrogen) atoms. The van der Waals surface area contributed by atoms with E-state index in [-0.39, 0.29) is 0 Å². The first-order chi connectivity index (χ1) is 14.5. The van der Waals surface area contributed by atoms with E-state index in [4.69, 9.17) is 17.3 Å². The minimum Gasteiger partial charge on any atom is -0.351 e. The van der Waals surface area contributed by atoms with Gasteiger partial charge >= 0.3 is 6.03 Å². The normalized spacial score (nSPS) is 15.1. The van der Waals surface area contributed by atoms with Crippen LogP contribution in [0.5, 0.6) is 0 Å². The fourth-order valence-corrected chi connectivity index (χ4v) is 3.44. The van der Waals surface area contributed by atoms with Crippen molar-refractivity contribution in [3.8, 4) is 16.9 Å². The molecule has 1 fully saturated rings. The number of hydrogen-bond acceptors (Lipinski definition) is 4. The minimum atomic E-state index is -0.469. The van der Waals surface area contributed by atoms with Gasteiger partial charge in [-0.05, 0) is 48.6 Å². The molecular weight excluding hydrogens is 402 g/mol. The van der Waals surface area contributed by atoms with Gasteiger partial charge in [0.15, 0.2) is 0 Å². The molecule has 0 spiro atoms. The molecule has 0 saturated heterocycles. The largest absolute Gasteiger partial charge is 0.351 e. The lowest BCUT2D eigenvalue weighted by Crippen LogP contribution is -2.35. The van der Waals surface area contributed by atoms with E-state index in [0.29, 0.717) is 12.5 Å². The van der Waals surface area contributed by atoms with Crippen molar-refractivity contribution < 1.29 is 4.79 Å². The van der Waals surface area contributed by atoms with Gasteiger partial charge in [-0.15, -0.1) is 0 Å². The number of aliphatic imine (C=N–C) groups is 1. The highest BCUT2D eigenvalue weighted by molar-refractivity contribution is 6.30. The van der Waals surface area contributed by atoms with E-state index in [1.165, 1.54) is 29.6 Å². The molecule has 8 nitrogen and oxygen atoms in total. The summed E-state index contributed by atoms with van der Waals surface area (Å²) >= 11 is 6.22. The van der Waals surface area contributed by atoms with Crippen LogP contribution in [0.2, 0.25) is 5.02 Å². The molecule has 0 radical (unpaired) electrons. The Bertz CT molecular complexity index is 1100. The molecular formula is C21H22ClN7O. The maximum Gasteiger partial charge on any atom is 0.320 e. The van der Waals surface area contributed by atoms with Gasteiger partial charge in [0.25, 0.3) is 0 Å². The first-order valence-corrected chi connectivity index (χ1v) is 9.98. The summed E-state index contributed by atoms with van der Waals surface area (Å²) in [5, 5.41) is 9.72. The summed E-state index contributed by atoms with van der Waals surface area (Å²) in [4.78, 5) is 15.4. The number of carbonyl (C=O) groups excluding carboxylic acids is 1. The Morgan fingerprint density at radius 3 is 2.73 bits per heavy atom. The zero-order valence-corrected chi connectivity index (χ0v) is 17.3. The van der Waals surface area contributed by atoms with Crippen LogP contribution < -0.4 is 5.73 Å². The fourth-order valence-electron chi connectivity index (χ4n) is 3.27. The predicted molar refractivity (Wildman–Crippen MR) is 117 cm³/mol. The maximum atomic E-state index is 10.4. The van der Waals surface area contributed by atoms with Crippen molar-refractivity contribution in [2.24, 2.45) is 17.8 Å². The van der Waals surface area contributed by atoms with Gasteiger partial charge in [0.1, 0.15) is 11.4 Å². The highest BCUT2D eigenvalue weighted by atomic mass is 35.5. The van der Waals surface area contributed by atoms with Crippen LogP contribution >= 0.6 is 11.6 Å². The molecule has 0 unspecified atom stereocenters. The number of rotatable bonds is 3. The summed E-state index contributed by atoms with van der Waals surface area (Å²) in [6.45, 7) is 0.527. The predicted octanol–water partition coefficient (Wildman–Crippen LogP) is 3.73. The Hall–Kier alpha value is -3.39. The third kappa shape index (κ3) is 4.44. The van der Waals surface area contributed by atoms with E-state index in [1.54, 1.807) is 18.5 Å². The summed E-state index contributed by atoms with van der Waals surface area (Å²) < 4.78 is 3.67. The molecule has 2 aromatic heterocycles. The summed E-state index contributed by atoms with van der Waals surface area (Å²) in [7, 11) is 1.93. The quantitative estimate of drug-likeness (QED) is 0.695. The van der Waals surface area contributed by atoms with Gasteiger partial charge in [-0.25, -0.2) is 14.5 Å². The number of aromatic nitrogens is 4. The molecule has 0 atom stereocenters. The molecule has 1 aromatic carbocycles. The van der Waals surface area contributed by atoms with Crippen LogP contribution in [0.4, 0.5) is 4.79 Å². The van der Waals surface area contributed by atoms with Crippen LogP contribution in [0.3, 0.4) is 0 Å². The summed E-state index contributed by atoms with van der Waals surface area (Å²) in [5.74, 6) is 0.643. The molecule has 9 heteroatoms. The summed E-state index contributed by atoms with van der Waals surface area (Å²) in [6.07, 6.45) is 13.0. The fraction of sp³-hybridized carbons (Fsp3) is 0.238. The van der Waals surface area contributed by atoms with Crippen LogP contribution in [0, 0.1) is 0 Å². The Morgan fingerprint density at radius 1 is 1.30 bits per heavy atom. The van der Waals surface area contributed by atoms with E-state index in [2.05, 4.69) is 21.3 Å². The second-order valence-electron chi connectivity index (χ2n) is 7.13. The average Bonchev–Trinajstić information content (AvgIpc) is 3.29. The number of carbonyl (C=O) groups is 1. The second kappa shape index (κ2) is 8.54. The molecule has 3 heterocycles. The van der Waals surface area contributed by atoms with Crippen LogP contribution in [-0.4, -0.2) is 43.4 Å². The van der Waals surface area contributed by atoms with Crippen molar-refractivity contribution in [2.75, 3.05) is 6.54 Å². The highest BCUT2D eigenvalue weighted by Gasteiger charge is 2.28. The monoisotopic (exact) mass is 423 g/mol. The third-order valence-electron chi connectivity index (χ3n) is 4.83. The number of nitrogens with zero attached hydrogens (tertiary/aromatic N) is 6. The minimum absolute atomic E-state index is 0.469. The van der Waals surface area contributed by atoms with Gasteiger partial charge in [-0.1, -0.05) is 17.7 Å². The third-order valence-corrected chi connectivity index (χ3v) is 5.07. The molecule has 2 amide bonds. The van der Waals surface area contributed by atoms with E-state index < -0.39 is 6.03 Å². The lowest BCUT2D eigenvalue weighted by atomic mass is 10.00. The molecule has 1 saturated carbocycles.